The van der Waals surface area contributed by atoms with E-state index in [9.17, 15) is 4.79 Å². The number of allylic oxidation sites excluding steroid dienone is 5. The van der Waals surface area contributed by atoms with E-state index in [0.29, 0.717) is 5.57 Å². The molecule has 0 fully saturated rings. The molecular weight excluding hydrogens is 136 g/mol. The summed E-state index contributed by atoms with van der Waals surface area (Å²) in [5.74, 6) is 0. The predicted molar refractivity (Wildman–Crippen MR) is 48.4 cm³/mol. The molecule has 11 heavy (non-hydrogen) atoms. The number of hydrogen-bond donors (Lipinski definition) is 0. The lowest BCUT2D eigenvalue weighted by atomic mass is 10.1. The minimum atomic E-state index is 0.678. The fourth-order valence-electron chi connectivity index (χ4n) is 0.728. The smallest absolute Gasteiger partial charge is 0.150 e. The summed E-state index contributed by atoms with van der Waals surface area (Å²) >= 11 is 0. The van der Waals surface area contributed by atoms with Gasteiger partial charge in [-0.05, 0) is 26.8 Å². The third kappa shape index (κ3) is 5.34. The Bertz CT molecular complexity index is 215. The monoisotopic (exact) mass is 150 g/mol. The average Bonchev–Trinajstić information content (AvgIpc) is 1.84. The Morgan fingerprint density at radius 2 is 1.73 bits per heavy atom. The molecule has 0 aromatic heterocycles. The van der Waals surface area contributed by atoms with Gasteiger partial charge in [-0.15, -0.1) is 0 Å². The topological polar surface area (TPSA) is 17.1 Å². The summed E-state index contributed by atoms with van der Waals surface area (Å²) in [6, 6.07) is 0. The van der Waals surface area contributed by atoms with Crippen molar-refractivity contribution in [2.24, 2.45) is 0 Å². The van der Waals surface area contributed by atoms with Crippen molar-refractivity contribution < 1.29 is 4.79 Å². The molecule has 0 aliphatic carbocycles. The van der Waals surface area contributed by atoms with E-state index in [2.05, 4.69) is 6.58 Å². The molecule has 0 aromatic carbocycles. The molecule has 0 radical (unpaired) electrons. The van der Waals surface area contributed by atoms with Crippen LogP contribution < -0.4 is 0 Å². The van der Waals surface area contributed by atoms with Gasteiger partial charge in [-0.2, -0.15) is 0 Å². The summed E-state index contributed by atoms with van der Waals surface area (Å²) in [5, 5.41) is 0. The number of hydrogen-bond acceptors (Lipinski definition) is 1. The molecule has 0 aromatic rings. The lowest BCUT2D eigenvalue weighted by Gasteiger charge is -1.92. The molecule has 0 bridgehead atoms. The molecular formula is C10H14O. The maximum Gasteiger partial charge on any atom is 0.150 e. The molecule has 1 heteroatoms. The van der Waals surface area contributed by atoms with Gasteiger partial charge in [0, 0.05) is 5.57 Å². The van der Waals surface area contributed by atoms with E-state index in [1.54, 1.807) is 6.08 Å². The molecule has 0 N–H and O–H groups in total. The van der Waals surface area contributed by atoms with Crippen molar-refractivity contribution in [3.05, 3.63) is 35.5 Å². The second-order valence-corrected chi connectivity index (χ2v) is 2.83. The summed E-state index contributed by atoms with van der Waals surface area (Å²) in [5.41, 5.74) is 2.69. The van der Waals surface area contributed by atoms with Gasteiger partial charge in [0.2, 0.25) is 0 Å². The van der Waals surface area contributed by atoms with Crippen LogP contribution in [0.2, 0.25) is 0 Å². The van der Waals surface area contributed by atoms with Gasteiger partial charge in [-0.25, -0.2) is 0 Å². The molecule has 0 heterocycles. The minimum Gasteiger partial charge on any atom is -0.298 e. The normalized spacial score (nSPS) is 10.6. The number of rotatable bonds is 3. The van der Waals surface area contributed by atoms with Crippen LogP contribution >= 0.6 is 0 Å². The number of carbonyl (C=O) groups is 1. The Balaban J connectivity index is 4.54. The highest BCUT2D eigenvalue weighted by Gasteiger charge is 1.88. The zero-order valence-electron chi connectivity index (χ0n) is 7.35. The second-order valence-electron chi connectivity index (χ2n) is 2.83. The zero-order valence-corrected chi connectivity index (χ0v) is 7.35. The van der Waals surface area contributed by atoms with E-state index in [1.165, 1.54) is 0 Å². The van der Waals surface area contributed by atoms with E-state index in [4.69, 9.17) is 0 Å². The molecule has 0 aliphatic rings. The van der Waals surface area contributed by atoms with Crippen molar-refractivity contribution in [3.8, 4) is 0 Å². The Morgan fingerprint density at radius 3 is 2.00 bits per heavy atom. The summed E-state index contributed by atoms with van der Waals surface area (Å²) in [6.45, 7) is 9.46. The molecule has 0 atom stereocenters. The lowest BCUT2D eigenvalue weighted by molar-refractivity contribution is -0.104. The van der Waals surface area contributed by atoms with Crippen LogP contribution in [0.3, 0.4) is 0 Å². The van der Waals surface area contributed by atoms with E-state index < -0.39 is 0 Å². The molecule has 60 valence electrons. The first-order valence-corrected chi connectivity index (χ1v) is 3.53. The first kappa shape index (κ1) is 9.89. The van der Waals surface area contributed by atoms with Gasteiger partial charge >= 0.3 is 0 Å². The van der Waals surface area contributed by atoms with E-state index in [0.717, 1.165) is 17.4 Å². The molecule has 0 saturated carbocycles. The van der Waals surface area contributed by atoms with Crippen LogP contribution in [-0.2, 0) is 4.79 Å². The van der Waals surface area contributed by atoms with E-state index in [-0.39, 0.29) is 0 Å². The van der Waals surface area contributed by atoms with Crippen LogP contribution in [0.4, 0.5) is 0 Å². The van der Waals surface area contributed by atoms with Crippen molar-refractivity contribution in [1.82, 2.24) is 0 Å². The molecule has 0 rings (SSSR count). The standard InChI is InChI=1S/C10H14O/c1-8(2)5-10(7-11)6-9(3)4/h5-7H,1H2,2-4H3/b10-5+. The highest BCUT2D eigenvalue weighted by molar-refractivity contribution is 5.78. The summed E-state index contributed by atoms with van der Waals surface area (Å²) in [6.07, 6.45) is 4.43. The average molecular weight is 150 g/mol. The molecule has 0 amide bonds. The van der Waals surface area contributed by atoms with Crippen LogP contribution in [0, 0.1) is 0 Å². The minimum absolute atomic E-state index is 0.678. The maximum absolute atomic E-state index is 10.4. The summed E-state index contributed by atoms with van der Waals surface area (Å²) in [7, 11) is 0. The molecule has 0 saturated heterocycles. The van der Waals surface area contributed by atoms with Gasteiger partial charge < -0.3 is 0 Å². The van der Waals surface area contributed by atoms with Gasteiger partial charge in [-0.3, -0.25) is 4.79 Å². The third-order valence-electron chi connectivity index (χ3n) is 1.00. The molecule has 1 nitrogen and oxygen atoms in total. The van der Waals surface area contributed by atoms with Gasteiger partial charge in [0.15, 0.2) is 0 Å². The van der Waals surface area contributed by atoms with Crippen molar-refractivity contribution in [1.29, 1.82) is 0 Å². The fourth-order valence-corrected chi connectivity index (χ4v) is 0.728. The molecule has 0 spiro atoms. The van der Waals surface area contributed by atoms with Gasteiger partial charge in [0.1, 0.15) is 6.29 Å². The molecule has 0 aliphatic heterocycles. The fraction of sp³-hybridized carbons (Fsp3) is 0.300. The van der Waals surface area contributed by atoms with Crippen LogP contribution in [0.15, 0.2) is 35.5 Å². The first-order valence-electron chi connectivity index (χ1n) is 3.53. The van der Waals surface area contributed by atoms with Gasteiger partial charge in [0.05, 0.1) is 0 Å². The number of aldehydes is 1. The van der Waals surface area contributed by atoms with Crippen molar-refractivity contribution in [2.75, 3.05) is 0 Å². The van der Waals surface area contributed by atoms with Crippen molar-refractivity contribution in [3.63, 3.8) is 0 Å². The SMILES string of the molecule is C=C(C)/C=C(/C=O)C=C(C)C. The van der Waals surface area contributed by atoms with Crippen molar-refractivity contribution in [2.45, 2.75) is 20.8 Å². The van der Waals surface area contributed by atoms with E-state index >= 15 is 0 Å². The highest BCUT2D eigenvalue weighted by atomic mass is 16.1. The Morgan fingerprint density at radius 1 is 1.18 bits per heavy atom. The first-order chi connectivity index (χ1) is 5.06. The summed E-state index contributed by atoms with van der Waals surface area (Å²) < 4.78 is 0. The van der Waals surface area contributed by atoms with Crippen LogP contribution in [0.5, 0.6) is 0 Å². The van der Waals surface area contributed by atoms with Gasteiger partial charge in [0.25, 0.3) is 0 Å². The summed E-state index contributed by atoms with van der Waals surface area (Å²) in [4.78, 5) is 10.4. The highest BCUT2D eigenvalue weighted by Crippen LogP contribution is 2.02. The third-order valence-corrected chi connectivity index (χ3v) is 1.00. The van der Waals surface area contributed by atoms with Crippen molar-refractivity contribution >= 4 is 6.29 Å². The lowest BCUT2D eigenvalue weighted by Crippen LogP contribution is -1.81. The maximum atomic E-state index is 10.4. The Labute approximate surface area is 68.1 Å². The van der Waals surface area contributed by atoms with E-state index in [1.807, 2.05) is 26.8 Å². The number of carbonyl (C=O) groups excluding carboxylic acids is 1. The van der Waals surface area contributed by atoms with Gasteiger partial charge in [-0.1, -0.05) is 23.8 Å². The Kier molecular flexibility index (Phi) is 4.20. The van der Waals surface area contributed by atoms with Crippen LogP contribution in [-0.4, -0.2) is 6.29 Å². The molecule has 0 unspecified atom stereocenters. The predicted octanol–water partition coefficient (Wildman–Crippen LogP) is 2.65. The largest absolute Gasteiger partial charge is 0.298 e. The quantitative estimate of drug-likeness (QED) is 0.343. The van der Waals surface area contributed by atoms with Crippen LogP contribution in [0.1, 0.15) is 20.8 Å². The Hall–Kier alpha value is -1.11. The second kappa shape index (κ2) is 4.67. The zero-order chi connectivity index (χ0) is 8.85. The van der Waals surface area contributed by atoms with Crippen LogP contribution in [0.25, 0.3) is 0 Å².